The van der Waals surface area contributed by atoms with E-state index in [1.807, 2.05) is 0 Å². The molecule has 5 heteroatoms. The number of amides is 1. The molecule has 4 nitrogen and oxygen atoms in total. The second-order valence-electron chi connectivity index (χ2n) is 4.58. The number of nitrogens with one attached hydrogen (secondary N) is 1. The van der Waals surface area contributed by atoms with Crippen molar-refractivity contribution in [2.75, 3.05) is 5.32 Å². The highest BCUT2D eigenvalue weighted by Gasteiger charge is 2.15. The normalized spacial score (nSPS) is 10.4. The van der Waals surface area contributed by atoms with Gasteiger partial charge in [-0.3, -0.25) is 4.79 Å². The second kappa shape index (κ2) is 5.51. The Morgan fingerprint density at radius 3 is 2.50 bits per heavy atom. The first-order chi connectivity index (χ1) is 9.41. The lowest BCUT2D eigenvalue weighted by molar-refractivity contribution is 0.102. The van der Waals surface area contributed by atoms with Crippen molar-refractivity contribution in [2.45, 2.75) is 20.8 Å². The third kappa shape index (κ3) is 2.60. The number of aryl methyl sites for hydroxylation is 1. The summed E-state index contributed by atoms with van der Waals surface area (Å²) in [5.74, 6) is 0.261. The maximum absolute atomic E-state index is 12.2. The van der Waals surface area contributed by atoms with Crippen LogP contribution in [-0.2, 0) is 0 Å². The topological polar surface area (TPSA) is 62.2 Å². The van der Waals surface area contributed by atoms with Crippen LogP contribution < -0.4 is 5.32 Å². The molecular formula is C15H15ClN2O2. The second-order valence-corrected chi connectivity index (χ2v) is 4.99. The summed E-state index contributed by atoms with van der Waals surface area (Å²) < 4.78 is 0. The molecule has 104 valence electrons. The fraction of sp³-hybridized carbons (Fsp3) is 0.200. The monoisotopic (exact) mass is 290 g/mol. The van der Waals surface area contributed by atoms with Crippen molar-refractivity contribution < 1.29 is 9.90 Å². The third-order valence-corrected chi connectivity index (χ3v) is 3.58. The van der Waals surface area contributed by atoms with Crippen LogP contribution in [0.4, 0.5) is 5.82 Å². The number of hydrogen-bond acceptors (Lipinski definition) is 3. The van der Waals surface area contributed by atoms with Crippen molar-refractivity contribution in [3.05, 3.63) is 51.7 Å². The van der Waals surface area contributed by atoms with Crippen LogP contribution in [-0.4, -0.2) is 16.0 Å². The van der Waals surface area contributed by atoms with Gasteiger partial charge < -0.3 is 10.4 Å². The molecule has 0 spiro atoms. The first-order valence-electron chi connectivity index (χ1n) is 6.14. The summed E-state index contributed by atoms with van der Waals surface area (Å²) in [6.07, 6.45) is 0. The molecular weight excluding hydrogens is 276 g/mol. The Morgan fingerprint density at radius 2 is 1.85 bits per heavy atom. The zero-order valence-corrected chi connectivity index (χ0v) is 12.2. The summed E-state index contributed by atoms with van der Waals surface area (Å²) in [5, 5.41) is 12.9. The Labute approximate surface area is 122 Å². The molecule has 0 aliphatic heterocycles. The molecule has 1 heterocycles. The molecule has 0 aliphatic carbocycles. The number of carbonyl (C=O) groups is 1. The zero-order valence-electron chi connectivity index (χ0n) is 11.5. The molecule has 0 saturated heterocycles. The summed E-state index contributed by atoms with van der Waals surface area (Å²) in [5.41, 5.74) is 2.29. The molecule has 1 aromatic carbocycles. The molecule has 0 saturated carbocycles. The number of aromatic hydroxyl groups is 1. The summed E-state index contributed by atoms with van der Waals surface area (Å²) in [6, 6.07) is 6.81. The minimum Gasteiger partial charge on any atom is -0.506 e. The number of aromatic nitrogens is 1. The molecule has 2 rings (SSSR count). The van der Waals surface area contributed by atoms with Gasteiger partial charge in [-0.05, 0) is 44.0 Å². The van der Waals surface area contributed by atoms with E-state index in [4.69, 9.17) is 11.6 Å². The van der Waals surface area contributed by atoms with Gasteiger partial charge >= 0.3 is 0 Å². The van der Waals surface area contributed by atoms with E-state index in [2.05, 4.69) is 10.3 Å². The number of pyridine rings is 1. The van der Waals surface area contributed by atoms with E-state index in [9.17, 15) is 9.90 Å². The van der Waals surface area contributed by atoms with Gasteiger partial charge in [-0.15, -0.1) is 0 Å². The van der Waals surface area contributed by atoms with Gasteiger partial charge in [-0.2, -0.15) is 0 Å². The molecule has 2 N–H and O–H groups in total. The van der Waals surface area contributed by atoms with E-state index in [-0.39, 0.29) is 11.7 Å². The number of carbonyl (C=O) groups excluding carboxylic acids is 1. The molecule has 1 amide bonds. The summed E-state index contributed by atoms with van der Waals surface area (Å²) in [4.78, 5) is 16.4. The van der Waals surface area contributed by atoms with Crippen molar-refractivity contribution in [1.29, 1.82) is 0 Å². The van der Waals surface area contributed by atoms with Gasteiger partial charge in [0.15, 0.2) is 0 Å². The maximum Gasteiger partial charge on any atom is 0.258 e. The zero-order chi connectivity index (χ0) is 14.9. The van der Waals surface area contributed by atoms with Crippen molar-refractivity contribution in [2.24, 2.45) is 0 Å². The lowest BCUT2D eigenvalue weighted by Gasteiger charge is -2.13. The van der Waals surface area contributed by atoms with Gasteiger partial charge in [0.05, 0.1) is 16.3 Å². The van der Waals surface area contributed by atoms with Gasteiger partial charge in [0, 0.05) is 0 Å². The average molecular weight is 291 g/mol. The number of rotatable bonds is 2. The van der Waals surface area contributed by atoms with Crippen molar-refractivity contribution in [1.82, 2.24) is 4.98 Å². The standard InChI is InChI=1S/C15H15ClN2O2/c1-8-9(2)14(17-10(3)13(8)19)18-15(20)11-6-4-5-7-12(11)16/h4-7,19H,1-3H3,(H,17,18,20). The number of nitrogens with zero attached hydrogens (tertiary/aromatic N) is 1. The molecule has 0 radical (unpaired) electrons. The number of benzene rings is 1. The van der Waals surface area contributed by atoms with Gasteiger partial charge in [0.1, 0.15) is 11.6 Å². The van der Waals surface area contributed by atoms with E-state index in [0.717, 1.165) is 5.56 Å². The highest BCUT2D eigenvalue weighted by atomic mass is 35.5. The molecule has 2 aromatic rings. The summed E-state index contributed by atoms with van der Waals surface area (Å²) >= 11 is 5.99. The molecule has 0 atom stereocenters. The Kier molecular flexibility index (Phi) is 3.95. The van der Waals surface area contributed by atoms with Crippen LogP contribution in [0.1, 0.15) is 27.2 Å². The number of halogens is 1. The van der Waals surface area contributed by atoms with Gasteiger partial charge in [-0.1, -0.05) is 23.7 Å². The molecule has 0 bridgehead atoms. The molecule has 20 heavy (non-hydrogen) atoms. The largest absolute Gasteiger partial charge is 0.506 e. The number of hydrogen-bond donors (Lipinski definition) is 2. The number of anilines is 1. The van der Waals surface area contributed by atoms with E-state index in [1.165, 1.54) is 0 Å². The van der Waals surface area contributed by atoms with Crippen LogP contribution in [0, 0.1) is 20.8 Å². The highest BCUT2D eigenvalue weighted by molar-refractivity contribution is 6.34. The third-order valence-electron chi connectivity index (χ3n) is 3.25. The van der Waals surface area contributed by atoms with Crippen molar-refractivity contribution >= 4 is 23.3 Å². The lowest BCUT2D eigenvalue weighted by atomic mass is 10.1. The first-order valence-corrected chi connectivity index (χ1v) is 6.52. The highest BCUT2D eigenvalue weighted by Crippen LogP contribution is 2.28. The predicted octanol–water partition coefficient (Wildman–Crippen LogP) is 3.62. The Morgan fingerprint density at radius 1 is 1.20 bits per heavy atom. The fourth-order valence-electron chi connectivity index (χ4n) is 1.87. The van der Waals surface area contributed by atoms with E-state index >= 15 is 0 Å². The Hall–Kier alpha value is -2.07. The minimum atomic E-state index is -0.323. The van der Waals surface area contributed by atoms with E-state index < -0.39 is 0 Å². The minimum absolute atomic E-state index is 0.151. The van der Waals surface area contributed by atoms with Crippen LogP contribution in [0.15, 0.2) is 24.3 Å². The first kappa shape index (κ1) is 14.3. The quantitative estimate of drug-likeness (QED) is 0.888. The fourth-order valence-corrected chi connectivity index (χ4v) is 2.09. The molecule has 1 aromatic heterocycles. The van der Waals surface area contributed by atoms with E-state index in [0.29, 0.717) is 27.7 Å². The van der Waals surface area contributed by atoms with Crippen molar-refractivity contribution in [3.8, 4) is 5.75 Å². The Bertz CT molecular complexity index is 684. The maximum atomic E-state index is 12.2. The van der Waals surface area contributed by atoms with Gasteiger partial charge in [0.2, 0.25) is 0 Å². The van der Waals surface area contributed by atoms with Crippen LogP contribution in [0.5, 0.6) is 5.75 Å². The van der Waals surface area contributed by atoms with Gasteiger partial charge in [-0.25, -0.2) is 4.98 Å². The van der Waals surface area contributed by atoms with Crippen LogP contribution in [0.3, 0.4) is 0 Å². The molecule has 0 aliphatic rings. The SMILES string of the molecule is Cc1nc(NC(=O)c2ccccc2Cl)c(C)c(C)c1O. The predicted molar refractivity (Wildman–Crippen MR) is 79.5 cm³/mol. The van der Waals surface area contributed by atoms with Crippen LogP contribution in [0.25, 0.3) is 0 Å². The Balaban J connectivity index is 2.36. The average Bonchev–Trinajstić information content (AvgIpc) is 2.42. The summed E-state index contributed by atoms with van der Waals surface area (Å²) in [6.45, 7) is 5.27. The molecule has 0 fully saturated rings. The molecule has 0 unspecified atom stereocenters. The lowest BCUT2D eigenvalue weighted by Crippen LogP contribution is -2.15. The smallest absolute Gasteiger partial charge is 0.258 e. The summed E-state index contributed by atoms with van der Waals surface area (Å²) in [7, 11) is 0. The van der Waals surface area contributed by atoms with Gasteiger partial charge in [0.25, 0.3) is 5.91 Å². The van der Waals surface area contributed by atoms with Crippen LogP contribution >= 0.6 is 11.6 Å². The van der Waals surface area contributed by atoms with Crippen molar-refractivity contribution in [3.63, 3.8) is 0 Å². The van der Waals surface area contributed by atoms with Crippen LogP contribution in [0.2, 0.25) is 5.02 Å². The van der Waals surface area contributed by atoms with E-state index in [1.54, 1.807) is 45.0 Å².